The molecule has 0 N–H and O–H groups in total. The van der Waals surface area contributed by atoms with Crippen molar-refractivity contribution in [3.05, 3.63) is 11.8 Å². The second-order valence-electron chi connectivity index (χ2n) is 4.02. The van der Waals surface area contributed by atoms with E-state index in [-0.39, 0.29) is 18.4 Å². The molecule has 7 heteroatoms. The molecule has 0 atom stereocenters. The quantitative estimate of drug-likeness (QED) is 0.691. The Morgan fingerprint density at radius 1 is 1.42 bits per heavy atom. The average Bonchev–Trinajstić information content (AvgIpc) is 2.34. The lowest BCUT2D eigenvalue weighted by molar-refractivity contribution is 0.154. The molecule has 0 unspecified atom stereocenters. The highest BCUT2D eigenvalue weighted by molar-refractivity contribution is 6.18. The molecule has 0 radical (unpaired) electrons. The number of ether oxygens (including phenoxy) is 1. The van der Waals surface area contributed by atoms with Crippen molar-refractivity contribution in [3.63, 3.8) is 0 Å². The van der Waals surface area contributed by atoms with Gasteiger partial charge in [0.2, 0.25) is 11.8 Å². The van der Waals surface area contributed by atoms with Crippen LogP contribution in [0, 0.1) is 6.92 Å². The maximum absolute atomic E-state index is 12.5. The molecule has 108 valence electrons. The first-order chi connectivity index (χ1) is 9.06. The summed E-state index contributed by atoms with van der Waals surface area (Å²) in [6, 6.07) is 1.68. The second-order valence-corrected chi connectivity index (χ2v) is 4.40. The van der Waals surface area contributed by atoms with E-state index in [1.54, 1.807) is 13.0 Å². The number of rotatable bonds is 8. The molecule has 0 aliphatic carbocycles. The van der Waals surface area contributed by atoms with Gasteiger partial charge in [-0.3, -0.25) is 0 Å². The summed E-state index contributed by atoms with van der Waals surface area (Å²) in [5.74, 6) is 0.861. The van der Waals surface area contributed by atoms with Crippen LogP contribution >= 0.6 is 11.6 Å². The molecule has 0 aliphatic rings. The van der Waals surface area contributed by atoms with Gasteiger partial charge in [0.25, 0.3) is 6.43 Å². The molecule has 1 rings (SSSR count). The fourth-order valence-electron chi connectivity index (χ4n) is 1.49. The van der Waals surface area contributed by atoms with Crippen molar-refractivity contribution in [2.75, 3.05) is 30.5 Å². The predicted molar refractivity (Wildman–Crippen MR) is 71.5 cm³/mol. The van der Waals surface area contributed by atoms with Crippen molar-refractivity contribution in [3.8, 4) is 5.88 Å². The highest BCUT2D eigenvalue weighted by Gasteiger charge is 2.16. The molecule has 4 nitrogen and oxygen atoms in total. The molecule has 0 saturated carbocycles. The zero-order valence-electron chi connectivity index (χ0n) is 11.1. The maximum atomic E-state index is 12.5. The summed E-state index contributed by atoms with van der Waals surface area (Å²) in [5, 5.41) is 0. The molecule has 0 spiro atoms. The Hall–Kier alpha value is -1.17. The van der Waals surface area contributed by atoms with Crippen LogP contribution in [0.1, 0.15) is 19.0 Å². The number of alkyl halides is 3. The van der Waals surface area contributed by atoms with Crippen molar-refractivity contribution in [2.45, 2.75) is 26.7 Å². The predicted octanol–water partition coefficient (Wildman–Crippen LogP) is 2.88. The third kappa shape index (κ3) is 5.55. The summed E-state index contributed by atoms with van der Waals surface area (Å²) >= 11 is 5.62. The Morgan fingerprint density at radius 3 is 2.74 bits per heavy atom. The highest BCUT2D eigenvalue weighted by atomic mass is 35.5. The first-order valence-electron chi connectivity index (χ1n) is 6.14. The van der Waals surface area contributed by atoms with Gasteiger partial charge < -0.3 is 9.64 Å². The number of aromatic nitrogens is 2. The van der Waals surface area contributed by atoms with E-state index in [2.05, 4.69) is 9.97 Å². The van der Waals surface area contributed by atoms with Gasteiger partial charge >= 0.3 is 0 Å². The fourth-order valence-corrected chi connectivity index (χ4v) is 1.69. The molecule has 0 amide bonds. The lowest BCUT2D eigenvalue weighted by Crippen LogP contribution is -2.32. The largest absolute Gasteiger partial charge is 0.478 e. The van der Waals surface area contributed by atoms with Gasteiger partial charge in [-0.2, -0.15) is 4.98 Å². The minimum absolute atomic E-state index is 0.229. The van der Waals surface area contributed by atoms with Gasteiger partial charge in [0.15, 0.2) is 0 Å². The minimum Gasteiger partial charge on any atom is -0.478 e. The van der Waals surface area contributed by atoms with Gasteiger partial charge in [0, 0.05) is 24.2 Å². The number of hydrogen-bond acceptors (Lipinski definition) is 4. The third-order valence-electron chi connectivity index (χ3n) is 2.27. The van der Waals surface area contributed by atoms with Crippen LogP contribution in [-0.4, -0.2) is 42.0 Å². The SMILES string of the molecule is CCCOc1cc(C)nc(N(CCCl)CC(F)F)n1. The molecule has 0 aromatic carbocycles. The average molecular weight is 294 g/mol. The standard InChI is InChI=1S/C12H18ClF2N3O/c1-3-6-19-11-7-9(2)16-12(17-11)18(5-4-13)8-10(14)15/h7,10H,3-6,8H2,1-2H3. The Bertz CT molecular complexity index is 393. The Morgan fingerprint density at radius 2 is 2.16 bits per heavy atom. The van der Waals surface area contributed by atoms with Crippen LogP contribution < -0.4 is 9.64 Å². The van der Waals surface area contributed by atoms with E-state index in [9.17, 15) is 8.78 Å². The van der Waals surface area contributed by atoms with Crippen molar-refractivity contribution < 1.29 is 13.5 Å². The van der Waals surface area contributed by atoms with Gasteiger partial charge in [-0.05, 0) is 13.3 Å². The van der Waals surface area contributed by atoms with Crippen molar-refractivity contribution in [1.29, 1.82) is 0 Å². The van der Waals surface area contributed by atoms with Gasteiger partial charge in [-0.1, -0.05) is 6.92 Å². The van der Waals surface area contributed by atoms with Crippen LogP contribution in [0.5, 0.6) is 5.88 Å². The molecule has 0 fully saturated rings. The molecule has 1 aromatic rings. The third-order valence-corrected chi connectivity index (χ3v) is 2.44. The summed E-state index contributed by atoms with van der Waals surface area (Å²) in [7, 11) is 0. The Balaban J connectivity index is 2.90. The van der Waals surface area contributed by atoms with E-state index in [0.717, 1.165) is 6.42 Å². The van der Waals surface area contributed by atoms with E-state index >= 15 is 0 Å². The van der Waals surface area contributed by atoms with E-state index in [0.29, 0.717) is 18.2 Å². The van der Waals surface area contributed by atoms with Crippen molar-refractivity contribution in [2.24, 2.45) is 0 Å². The first kappa shape index (κ1) is 15.9. The molecule has 1 aromatic heterocycles. The monoisotopic (exact) mass is 293 g/mol. The lowest BCUT2D eigenvalue weighted by atomic mass is 10.4. The molecular weight excluding hydrogens is 276 g/mol. The van der Waals surface area contributed by atoms with Gasteiger partial charge in [-0.15, -0.1) is 11.6 Å². The minimum atomic E-state index is -2.47. The molecule has 0 saturated heterocycles. The van der Waals surface area contributed by atoms with E-state index in [1.807, 2.05) is 6.92 Å². The number of hydrogen-bond donors (Lipinski definition) is 0. The summed E-state index contributed by atoms with van der Waals surface area (Å²) in [6.07, 6.45) is -1.62. The molecule has 0 aliphatic heterocycles. The summed E-state index contributed by atoms with van der Waals surface area (Å²) < 4.78 is 30.5. The number of aryl methyl sites for hydroxylation is 1. The van der Waals surface area contributed by atoms with Crippen LogP contribution in [-0.2, 0) is 0 Å². The summed E-state index contributed by atoms with van der Waals surface area (Å²) in [5.41, 5.74) is 0.671. The highest BCUT2D eigenvalue weighted by Crippen LogP contribution is 2.16. The molecule has 19 heavy (non-hydrogen) atoms. The van der Waals surface area contributed by atoms with Gasteiger partial charge in [0.1, 0.15) is 0 Å². The van der Waals surface area contributed by atoms with Crippen molar-refractivity contribution >= 4 is 17.5 Å². The Kier molecular flexibility index (Phi) is 6.77. The fraction of sp³-hybridized carbons (Fsp3) is 0.667. The van der Waals surface area contributed by atoms with Crippen LogP contribution in [0.4, 0.5) is 14.7 Å². The zero-order chi connectivity index (χ0) is 14.3. The van der Waals surface area contributed by atoms with Gasteiger partial charge in [0.05, 0.1) is 13.2 Å². The second kappa shape index (κ2) is 8.09. The maximum Gasteiger partial charge on any atom is 0.255 e. The van der Waals surface area contributed by atoms with Crippen molar-refractivity contribution in [1.82, 2.24) is 9.97 Å². The zero-order valence-corrected chi connectivity index (χ0v) is 11.8. The summed E-state index contributed by atoms with van der Waals surface area (Å²) in [4.78, 5) is 9.67. The summed E-state index contributed by atoms with van der Waals surface area (Å²) in [6.45, 7) is 4.10. The van der Waals surface area contributed by atoms with Crippen LogP contribution in [0.25, 0.3) is 0 Å². The lowest BCUT2D eigenvalue weighted by Gasteiger charge is -2.21. The van der Waals surface area contributed by atoms with E-state index in [1.165, 1.54) is 4.90 Å². The van der Waals surface area contributed by atoms with Crippen LogP contribution in [0.2, 0.25) is 0 Å². The normalized spacial score (nSPS) is 10.8. The molecular formula is C12H18ClF2N3O. The Labute approximate surface area is 116 Å². The number of halogens is 3. The number of nitrogens with zero attached hydrogens (tertiary/aromatic N) is 3. The van der Waals surface area contributed by atoms with Crippen LogP contribution in [0.15, 0.2) is 6.07 Å². The van der Waals surface area contributed by atoms with Crippen LogP contribution in [0.3, 0.4) is 0 Å². The topological polar surface area (TPSA) is 38.2 Å². The first-order valence-corrected chi connectivity index (χ1v) is 6.67. The van der Waals surface area contributed by atoms with Gasteiger partial charge in [-0.25, -0.2) is 13.8 Å². The van der Waals surface area contributed by atoms with E-state index < -0.39 is 13.0 Å². The smallest absolute Gasteiger partial charge is 0.255 e. The molecule has 1 heterocycles. The number of anilines is 1. The molecule has 0 bridgehead atoms. The van der Waals surface area contributed by atoms with E-state index in [4.69, 9.17) is 16.3 Å².